The molecular weight excluding hydrogens is 450 g/mol. The van der Waals surface area contributed by atoms with Crippen molar-refractivity contribution in [2.75, 3.05) is 25.5 Å². The number of anilines is 1. The van der Waals surface area contributed by atoms with Gasteiger partial charge in [-0.25, -0.2) is 13.4 Å². The zero-order valence-electron chi connectivity index (χ0n) is 17.9. The largest absolute Gasteiger partial charge is 0.495 e. The normalized spacial score (nSPS) is 16.1. The van der Waals surface area contributed by atoms with Gasteiger partial charge in [0.2, 0.25) is 15.9 Å². The first kappa shape index (κ1) is 22.6. The maximum atomic E-state index is 12.9. The SMILES string of the molecule is COc1ccccc1NC(=O)C(C)Sc1nc2cc(S(=O)(=O)N3CCCCC3)ccc2o1. The second kappa shape index (κ2) is 9.51. The third kappa shape index (κ3) is 4.77. The number of methoxy groups -OCH3 is 1. The summed E-state index contributed by atoms with van der Waals surface area (Å²) in [5.41, 5.74) is 1.50. The average molecular weight is 476 g/mol. The van der Waals surface area contributed by atoms with Gasteiger partial charge in [0.15, 0.2) is 5.58 Å². The van der Waals surface area contributed by atoms with Gasteiger partial charge in [-0.3, -0.25) is 4.79 Å². The number of carbonyl (C=O) groups excluding carboxylic acids is 1. The molecule has 1 aliphatic heterocycles. The minimum atomic E-state index is -3.55. The van der Waals surface area contributed by atoms with Crippen molar-refractivity contribution in [1.82, 2.24) is 9.29 Å². The van der Waals surface area contributed by atoms with E-state index < -0.39 is 15.3 Å². The van der Waals surface area contributed by atoms with Gasteiger partial charge in [0.1, 0.15) is 11.3 Å². The highest BCUT2D eigenvalue weighted by atomic mass is 32.2. The van der Waals surface area contributed by atoms with Crippen LogP contribution in [0.5, 0.6) is 5.75 Å². The Labute approximate surface area is 191 Å². The number of fused-ring (bicyclic) bond motifs is 1. The van der Waals surface area contributed by atoms with Crippen molar-refractivity contribution >= 4 is 44.5 Å². The van der Waals surface area contributed by atoms with E-state index in [0.717, 1.165) is 31.0 Å². The number of nitrogens with zero attached hydrogens (tertiary/aromatic N) is 2. The van der Waals surface area contributed by atoms with Crippen LogP contribution in [0.1, 0.15) is 26.2 Å². The first-order valence-electron chi connectivity index (χ1n) is 10.4. The fourth-order valence-electron chi connectivity index (χ4n) is 3.54. The van der Waals surface area contributed by atoms with E-state index in [9.17, 15) is 13.2 Å². The molecule has 1 aromatic heterocycles. The topological polar surface area (TPSA) is 102 Å². The van der Waals surface area contributed by atoms with E-state index >= 15 is 0 Å². The standard InChI is InChI=1S/C22H25N3O5S2/c1-15(21(26)23-17-8-4-5-9-19(17)29-2)31-22-24-18-14-16(10-11-20(18)30-22)32(27,28)25-12-6-3-7-13-25/h4-5,8-11,14-15H,3,6-7,12-13H2,1-2H3,(H,23,26). The van der Waals surface area contributed by atoms with Crippen molar-refractivity contribution in [2.24, 2.45) is 0 Å². The first-order valence-corrected chi connectivity index (χ1v) is 12.7. The van der Waals surface area contributed by atoms with Gasteiger partial charge in [-0.2, -0.15) is 4.31 Å². The van der Waals surface area contributed by atoms with Crippen LogP contribution in [0.25, 0.3) is 11.1 Å². The summed E-state index contributed by atoms with van der Waals surface area (Å²) in [6, 6.07) is 11.9. The van der Waals surface area contributed by atoms with Crippen molar-refractivity contribution in [2.45, 2.75) is 41.6 Å². The van der Waals surface area contributed by atoms with Gasteiger partial charge < -0.3 is 14.5 Å². The molecule has 1 fully saturated rings. The van der Waals surface area contributed by atoms with Crippen LogP contribution in [0.4, 0.5) is 5.69 Å². The van der Waals surface area contributed by atoms with E-state index in [2.05, 4.69) is 10.3 Å². The number of nitrogens with one attached hydrogen (secondary N) is 1. The van der Waals surface area contributed by atoms with Crippen molar-refractivity contribution in [1.29, 1.82) is 0 Å². The van der Waals surface area contributed by atoms with E-state index in [0.29, 0.717) is 40.8 Å². The number of thioether (sulfide) groups is 1. The maximum absolute atomic E-state index is 12.9. The highest BCUT2D eigenvalue weighted by Crippen LogP contribution is 2.31. The first-order chi connectivity index (χ1) is 15.4. The van der Waals surface area contributed by atoms with Gasteiger partial charge in [-0.15, -0.1) is 0 Å². The van der Waals surface area contributed by atoms with Gasteiger partial charge in [0.05, 0.1) is 22.9 Å². The second-order valence-electron chi connectivity index (χ2n) is 7.52. The number of ether oxygens (including phenoxy) is 1. The summed E-state index contributed by atoms with van der Waals surface area (Å²) in [7, 11) is -2.01. The molecule has 170 valence electrons. The van der Waals surface area contributed by atoms with E-state index in [1.165, 1.54) is 10.4 Å². The van der Waals surface area contributed by atoms with Gasteiger partial charge in [0, 0.05) is 13.1 Å². The second-order valence-corrected chi connectivity index (χ2v) is 10.8. The summed E-state index contributed by atoms with van der Waals surface area (Å²) in [5, 5.41) is 2.65. The summed E-state index contributed by atoms with van der Waals surface area (Å²) in [6.45, 7) is 2.83. The van der Waals surface area contributed by atoms with Crippen LogP contribution in [0.2, 0.25) is 0 Å². The van der Waals surface area contributed by atoms with E-state index in [1.54, 1.807) is 38.3 Å². The number of amides is 1. The molecule has 1 unspecified atom stereocenters. The number of rotatable bonds is 7. The Hall–Kier alpha value is -2.56. The van der Waals surface area contributed by atoms with Crippen LogP contribution in [0, 0.1) is 0 Å². The Balaban J connectivity index is 1.48. The highest BCUT2D eigenvalue weighted by molar-refractivity contribution is 8.00. The zero-order valence-corrected chi connectivity index (χ0v) is 19.5. The van der Waals surface area contributed by atoms with Crippen molar-refractivity contribution in [3.63, 3.8) is 0 Å². The summed E-state index contributed by atoms with van der Waals surface area (Å²) in [5.74, 6) is 0.345. The van der Waals surface area contributed by atoms with E-state index in [-0.39, 0.29) is 10.8 Å². The number of hydrogen-bond acceptors (Lipinski definition) is 7. The minimum absolute atomic E-state index is 0.207. The molecule has 0 radical (unpaired) electrons. The zero-order chi connectivity index (χ0) is 22.7. The van der Waals surface area contributed by atoms with E-state index in [1.807, 2.05) is 12.1 Å². The number of carbonyl (C=O) groups is 1. The number of oxazole rings is 1. The Morgan fingerprint density at radius 1 is 1.19 bits per heavy atom. The van der Waals surface area contributed by atoms with Crippen LogP contribution in [0.15, 0.2) is 57.0 Å². The molecule has 0 bridgehead atoms. The molecular formula is C22H25N3O5S2. The molecule has 1 saturated heterocycles. The molecule has 2 aromatic carbocycles. The third-order valence-corrected chi connectivity index (χ3v) is 8.14. The number of para-hydroxylation sites is 2. The molecule has 0 aliphatic carbocycles. The number of benzene rings is 2. The molecule has 0 spiro atoms. The summed E-state index contributed by atoms with van der Waals surface area (Å²) < 4.78 is 38.4. The molecule has 1 aliphatic rings. The van der Waals surface area contributed by atoms with Gasteiger partial charge in [0.25, 0.3) is 5.22 Å². The molecule has 32 heavy (non-hydrogen) atoms. The molecule has 2 heterocycles. The third-order valence-electron chi connectivity index (χ3n) is 5.30. The number of piperidine rings is 1. The van der Waals surface area contributed by atoms with Gasteiger partial charge >= 0.3 is 0 Å². The summed E-state index contributed by atoms with van der Waals surface area (Å²) in [6.07, 6.45) is 2.81. The van der Waals surface area contributed by atoms with Crippen LogP contribution >= 0.6 is 11.8 Å². The molecule has 3 aromatic rings. The van der Waals surface area contributed by atoms with Crippen LogP contribution < -0.4 is 10.1 Å². The molecule has 4 rings (SSSR count). The lowest BCUT2D eigenvalue weighted by molar-refractivity contribution is -0.115. The molecule has 1 atom stereocenters. The Bertz CT molecular complexity index is 1220. The van der Waals surface area contributed by atoms with Crippen molar-refractivity contribution in [3.05, 3.63) is 42.5 Å². The predicted octanol–water partition coefficient (Wildman–Crippen LogP) is 4.13. The van der Waals surface area contributed by atoms with Crippen LogP contribution in [-0.2, 0) is 14.8 Å². The van der Waals surface area contributed by atoms with Crippen molar-refractivity contribution < 1.29 is 22.4 Å². The Kier molecular flexibility index (Phi) is 6.73. The molecule has 10 heteroatoms. The molecule has 8 nitrogen and oxygen atoms in total. The monoisotopic (exact) mass is 475 g/mol. The van der Waals surface area contributed by atoms with Crippen LogP contribution in [0.3, 0.4) is 0 Å². The lowest BCUT2D eigenvalue weighted by Gasteiger charge is -2.25. The predicted molar refractivity (Wildman–Crippen MR) is 124 cm³/mol. The summed E-state index contributed by atoms with van der Waals surface area (Å²) in [4.78, 5) is 17.2. The Morgan fingerprint density at radius 2 is 1.94 bits per heavy atom. The lowest BCUT2D eigenvalue weighted by atomic mass is 10.2. The highest BCUT2D eigenvalue weighted by Gasteiger charge is 2.27. The number of hydrogen-bond donors (Lipinski definition) is 1. The Morgan fingerprint density at radius 3 is 2.69 bits per heavy atom. The summed E-state index contributed by atoms with van der Waals surface area (Å²) >= 11 is 1.16. The number of aromatic nitrogens is 1. The van der Waals surface area contributed by atoms with Gasteiger partial charge in [-0.05, 0) is 50.1 Å². The quantitative estimate of drug-likeness (QED) is 0.513. The smallest absolute Gasteiger partial charge is 0.257 e. The fourth-order valence-corrected chi connectivity index (χ4v) is 5.83. The molecule has 1 N–H and O–H groups in total. The molecule has 1 amide bonds. The average Bonchev–Trinajstić information content (AvgIpc) is 3.21. The number of sulfonamides is 1. The fraction of sp³-hybridized carbons (Fsp3) is 0.364. The lowest BCUT2D eigenvalue weighted by Crippen LogP contribution is -2.35. The van der Waals surface area contributed by atoms with E-state index in [4.69, 9.17) is 9.15 Å². The van der Waals surface area contributed by atoms with Gasteiger partial charge in [-0.1, -0.05) is 30.3 Å². The minimum Gasteiger partial charge on any atom is -0.495 e. The van der Waals surface area contributed by atoms with Crippen molar-refractivity contribution in [3.8, 4) is 5.75 Å². The maximum Gasteiger partial charge on any atom is 0.257 e. The molecule has 0 saturated carbocycles. The van der Waals surface area contributed by atoms with Crippen LogP contribution in [-0.4, -0.2) is 49.1 Å².